The summed E-state index contributed by atoms with van der Waals surface area (Å²) in [7, 11) is 0. The lowest BCUT2D eigenvalue weighted by molar-refractivity contribution is -0.121. The number of nitrogens with zero attached hydrogens (tertiary/aromatic N) is 1. The van der Waals surface area contributed by atoms with Crippen molar-refractivity contribution in [1.29, 1.82) is 0 Å². The summed E-state index contributed by atoms with van der Waals surface area (Å²) in [6, 6.07) is 12.3. The molecule has 0 atom stereocenters. The van der Waals surface area contributed by atoms with Crippen LogP contribution >= 0.6 is 0 Å². The highest BCUT2D eigenvalue weighted by molar-refractivity contribution is 6.01. The Morgan fingerprint density at radius 1 is 1.14 bits per heavy atom. The Kier molecular flexibility index (Phi) is 6.09. The summed E-state index contributed by atoms with van der Waals surface area (Å²) >= 11 is 0. The van der Waals surface area contributed by atoms with Crippen molar-refractivity contribution in [2.24, 2.45) is 0 Å². The Hall–Kier alpha value is -3.15. The van der Waals surface area contributed by atoms with E-state index in [4.69, 9.17) is 4.74 Å². The number of ether oxygens (including phenoxy) is 1. The Balaban J connectivity index is 1.83. The van der Waals surface area contributed by atoms with E-state index in [1.165, 1.54) is 6.92 Å². The van der Waals surface area contributed by atoms with E-state index in [-0.39, 0.29) is 24.2 Å². The van der Waals surface area contributed by atoms with Crippen LogP contribution in [0.3, 0.4) is 0 Å². The average Bonchev–Trinajstić information content (AvgIpc) is 2.70. The van der Waals surface area contributed by atoms with E-state index in [9.17, 15) is 14.4 Å². The molecule has 3 rings (SSSR count). The van der Waals surface area contributed by atoms with E-state index in [1.54, 1.807) is 35.2 Å². The summed E-state index contributed by atoms with van der Waals surface area (Å²) in [5.41, 5.74) is 2.48. The summed E-state index contributed by atoms with van der Waals surface area (Å²) < 4.78 is 5.49. The summed E-state index contributed by atoms with van der Waals surface area (Å²) in [6.45, 7) is 4.44. The smallest absolute Gasteiger partial charge is 0.265 e. The zero-order valence-corrected chi connectivity index (χ0v) is 16.2. The number of anilines is 1. The zero-order valence-electron chi connectivity index (χ0n) is 16.2. The first-order chi connectivity index (χ1) is 13.5. The molecule has 1 aliphatic rings. The molecule has 0 spiro atoms. The van der Waals surface area contributed by atoms with Gasteiger partial charge < -0.3 is 15.0 Å². The molecule has 2 aromatic carbocycles. The van der Waals surface area contributed by atoms with Crippen molar-refractivity contribution in [1.82, 2.24) is 5.32 Å². The lowest BCUT2D eigenvalue weighted by atomic mass is 10.1. The maximum Gasteiger partial charge on any atom is 0.265 e. The van der Waals surface area contributed by atoms with Crippen LogP contribution in [0, 0.1) is 0 Å². The van der Waals surface area contributed by atoms with Crippen molar-refractivity contribution in [2.75, 3.05) is 18.1 Å². The van der Waals surface area contributed by atoms with Crippen LogP contribution in [-0.2, 0) is 11.3 Å². The van der Waals surface area contributed by atoms with Crippen LogP contribution < -0.4 is 15.0 Å². The number of hydrogen-bond acceptors (Lipinski definition) is 4. The van der Waals surface area contributed by atoms with Gasteiger partial charge in [0.25, 0.3) is 11.8 Å². The number of Topliss-reactive ketones (excluding diaryl/α,β-unsaturated/α-hetero) is 1. The molecule has 0 radical (unpaired) electrons. The summed E-state index contributed by atoms with van der Waals surface area (Å²) in [4.78, 5) is 38.1. The van der Waals surface area contributed by atoms with Crippen molar-refractivity contribution in [3.05, 3.63) is 59.2 Å². The molecule has 1 heterocycles. The molecule has 2 amide bonds. The molecule has 1 N–H and O–H groups in total. The second-order valence-corrected chi connectivity index (χ2v) is 6.82. The van der Waals surface area contributed by atoms with Crippen LogP contribution in [0.2, 0.25) is 0 Å². The summed E-state index contributed by atoms with van der Waals surface area (Å²) in [5.74, 6) is 0.179. The second-order valence-electron chi connectivity index (χ2n) is 6.82. The molecule has 0 aromatic heterocycles. The minimum atomic E-state index is -0.189. The third-order valence-corrected chi connectivity index (χ3v) is 4.65. The summed E-state index contributed by atoms with van der Waals surface area (Å²) in [5, 5.41) is 2.90. The second kappa shape index (κ2) is 8.69. The monoisotopic (exact) mass is 380 g/mol. The lowest BCUT2D eigenvalue weighted by Crippen LogP contribution is -2.38. The van der Waals surface area contributed by atoms with Gasteiger partial charge in [0, 0.05) is 17.7 Å². The Bertz CT molecular complexity index is 907. The molecule has 0 fully saturated rings. The van der Waals surface area contributed by atoms with Gasteiger partial charge in [-0.2, -0.15) is 0 Å². The van der Waals surface area contributed by atoms with E-state index in [0.717, 1.165) is 18.4 Å². The number of nitrogens with one attached hydrogen (secondary N) is 1. The molecule has 2 aromatic rings. The van der Waals surface area contributed by atoms with E-state index in [1.807, 2.05) is 12.1 Å². The summed E-state index contributed by atoms with van der Waals surface area (Å²) in [6.07, 6.45) is 1.95. The van der Waals surface area contributed by atoms with Gasteiger partial charge in [0.05, 0.1) is 12.2 Å². The van der Waals surface area contributed by atoms with Gasteiger partial charge in [0.1, 0.15) is 5.75 Å². The van der Waals surface area contributed by atoms with Gasteiger partial charge in [0.2, 0.25) is 0 Å². The number of amides is 2. The van der Waals surface area contributed by atoms with Crippen molar-refractivity contribution >= 4 is 23.3 Å². The SMILES string of the molecule is CCCCNC(=O)c1cccc(CN2C(=O)COc3ccc(C(C)=O)cc32)c1. The fraction of sp³-hybridized carbons (Fsp3) is 0.318. The van der Waals surface area contributed by atoms with Gasteiger partial charge in [0.15, 0.2) is 12.4 Å². The lowest BCUT2D eigenvalue weighted by Gasteiger charge is -2.30. The number of ketones is 1. The highest BCUT2D eigenvalue weighted by atomic mass is 16.5. The van der Waals surface area contributed by atoms with Gasteiger partial charge in [-0.05, 0) is 49.2 Å². The van der Waals surface area contributed by atoms with Crippen LogP contribution in [0.25, 0.3) is 0 Å². The van der Waals surface area contributed by atoms with Gasteiger partial charge in [-0.15, -0.1) is 0 Å². The predicted octanol–water partition coefficient (Wildman–Crippen LogP) is 3.34. The van der Waals surface area contributed by atoms with Gasteiger partial charge >= 0.3 is 0 Å². The average molecular weight is 380 g/mol. The van der Waals surface area contributed by atoms with Crippen molar-refractivity contribution in [3.63, 3.8) is 0 Å². The molecular formula is C22H24N2O4. The minimum absolute atomic E-state index is 0.0520. The van der Waals surface area contributed by atoms with Crippen LogP contribution in [0.15, 0.2) is 42.5 Å². The molecule has 0 aliphatic carbocycles. The number of benzene rings is 2. The fourth-order valence-electron chi connectivity index (χ4n) is 3.07. The number of unbranched alkanes of at least 4 members (excludes halogenated alkanes) is 1. The number of fused-ring (bicyclic) bond motifs is 1. The van der Waals surface area contributed by atoms with Gasteiger partial charge in [-0.1, -0.05) is 25.5 Å². The fourth-order valence-corrected chi connectivity index (χ4v) is 3.07. The molecule has 6 heteroatoms. The largest absolute Gasteiger partial charge is 0.482 e. The quantitative estimate of drug-likeness (QED) is 0.590. The maximum atomic E-state index is 12.5. The highest BCUT2D eigenvalue weighted by Gasteiger charge is 2.26. The normalized spacial score (nSPS) is 12.9. The van der Waals surface area contributed by atoms with E-state index in [0.29, 0.717) is 35.7 Å². The Morgan fingerprint density at radius 2 is 1.96 bits per heavy atom. The molecule has 1 aliphatic heterocycles. The molecule has 0 unspecified atom stereocenters. The molecule has 146 valence electrons. The molecule has 0 saturated heterocycles. The standard InChI is InChI=1S/C22H24N2O4/c1-3-4-10-23-22(27)18-7-5-6-16(11-18)13-24-19-12-17(15(2)25)8-9-20(19)28-14-21(24)26/h5-9,11-12H,3-4,10,13-14H2,1-2H3,(H,23,27). The van der Waals surface area contributed by atoms with Crippen molar-refractivity contribution in [2.45, 2.75) is 33.2 Å². The Morgan fingerprint density at radius 3 is 2.71 bits per heavy atom. The van der Waals surface area contributed by atoms with Crippen LogP contribution in [0.5, 0.6) is 5.75 Å². The van der Waals surface area contributed by atoms with E-state index < -0.39 is 0 Å². The highest BCUT2D eigenvalue weighted by Crippen LogP contribution is 2.34. The molecule has 28 heavy (non-hydrogen) atoms. The first-order valence-corrected chi connectivity index (χ1v) is 9.45. The molecule has 0 saturated carbocycles. The first kappa shape index (κ1) is 19.6. The van der Waals surface area contributed by atoms with E-state index in [2.05, 4.69) is 12.2 Å². The van der Waals surface area contributed by atoms with Crippen LogP contribution in [-0.4, -0.2) is 30.7 Å². The number of hydrogen-bond donors (Lipinski definition) is 1. The van der Waals surface area contributed by atoms with Crippen molar-refractivity contribution < 1.29 is 19.1 Å². The zero-order chi connectivity index (χ0) is 20.1. The molecule has 6 nitrogen and oxygen atoms in total. The Labute approximate surface area is 164 Å². The molecular weight excluding hydrogens is 356 g/mol. The third kappa shape index (κ3) is 4.39. The van der Waals surface area contributed by atoms with Crippen molar-refractivity contribution in [3.8, 4) is 5.75 Å². The molecule has 0 bridgehead atoms. The maximum absolute atomic E-state index is 12.5. The number of carbonyl (C=O) groups excluding carboxylic acids is 3. The van der Waals surface area contributed by atoms with Crippen LogP contribution in [0.4, 0.5) is 5.69 Å². The van der Waals surface area contributed by atoms with E-state index >= 15 is 0 Å². The first-order valence-electron chi connectivity index (χ1n) is 9.45. The van der Waals surface area contributed by atoms with Gasteiger partial charge in [-0.25, -0.2) is 0 Å². The minimum Gasteiger partial charge on any atom is -0.482 e. The van der Waals surface area contributed by atoms with Gasteiger partial charge in [-0.3, -0.25) is 14.4 Å². The topological polar surface area (TPSA) is 75.7 Å². The number of carbonyl (C=O) groups is 3. The third-order valence-electron chi connectivity index (χ3n) is 4.65. The number of rotatable bonds is 7. The van der Waals surface area contributed by atoms with Crippen LogP contribution in [0.1, 0.15) is 53.0 Å². The predicted molar refractivity (Wildman–Crippen MR) is 107 cm³/mol.